The molecule has 0 bridgehead atoms. The number of hydrogen-bond acceptors (Lipinski definition) is 2. The van der Waals surface area contributed by atoms with Crippen LogP contribution in [0.2, 0.25) is 0 Å². The van der Waals surface area contributed by atoms with Gasteiger partial charge >= 0.3 is 0 Å². The molecule has 0 fully saturated rings. The smallest absolute Gasteiger partial charge is 0.0424 e. The lowest BCUT2D eigenvalue weighted by atomic mass is 9.99. The lowest BCUT2D eigenvalue weighted by Gasteiger charge is -2.29. The van der Waals surface area contributed by atoms with Gasteiger partial charge in [-0.3, -0.25) is 0 Å². The second-order valence-corrected chi connectivity index (χ2v) is 7.43. The van der Waals surface area contributed by atoms with Crippen LogP contribution < -0.4 is 5.73 Å². The first-order chi connectivity index (χ1) is 9.79. The minimum atomic E-state index is 0.101. The van der Waals surface area contributed by atoms with E-state index in [4.69, 9.17) is 5.73 Å². The van der Waals surface area contributed by atoms with Crippen molar-refractivity contribution < 1.29 is 0 Å². The second kappa shape index (κ2) is 8.55. The summed E-state index contributed by atoms with van der Waals surface area (Å²) in [6, 6.07) is 8.93. The average Bonchev–Trinajstić information content (AvgIpc) is 2.37. The molecule has 2 N–H and O–H groups in total. The second-order valence-electron chi connectivity index (χ2n) is 7.43. The number of benzene rings is 1. The SMILES string of the molecule is CC(C)CN(CC(C)C)CC(N)c1ccc(C(C)C)cc1. The third-order valence-corrected chi connectivity index (χ3v) is 3.73. The summed E-state index contributed by atoms with van der Waals surface area (Å²) in [5, 5.41) is 0. The number of nitrogens with two attached hydrogens (primary N) is 1. The zero-order valence-electron chi connectivity index (χ0n) is 14.8. The van der Waals surface area contributed by atoms with Crippen molar-refractivity contribution in [3.63, 3.8) is 0 Å². The van der Waals surface area contributed by atoms with Crippen LogP contribution in [0.1, 0.15) is 64.6 Å². The molecular weight excluding hydrogens is 256 g/mol. The molecule has 0 radical (unpaired) electrons. The Kier molecular flexibility index (Phi) is 7.41. The molecule has 1 aromatic rings. The van der Waals surface area contributed by atoms with Gasteiger partial charge in [-0.2, -0.15) is 0 Å². The summed E-state index contributed by atoms with van der Waals surface area (Å²) >= 11 is 0. The van der Waals surface area contributed by atoms with Crippen LogP contribution in [0.3, 0.4) is 0 Å². The fourth-order valence-electron chi connectivity index (χ4n) is 2.77. The predicted octanol–water partition coefficient (Wildman–Crippen LogP) is 4.42. The highest BCUT2D eigenvalue weighted by atomic mass is 15.1. The van der Waals surface area contributed by atoms with Crippen LogP contribution in [-0.2, 0) is 0 Å². The maximum atomic E-state index is 6.43. The van der Waals surface area contributed by atoms with Crippen LogP contribution in [0.4, 0.5) is 0 Å². The Morgan fingerprint density at radius 3 is 1.57 bits per heavy atom. The Morgan fingerprint density at radius 2 is 1.19 bits per heavy atom. The molecule has 2 heteroatoms. The molecule has 1 atom stereocenters. The van der Waals surface area contributed by atoms with Crippen LogP contribution in [-0.4, -0.2) is 24.5 Å². The predicted molar refractivity (Wildman–Crippen MR) is 93.6 cm³/mol. The quantitative estimate of drug-likeness (QED) is 0.767. The van der Waals surface area contributed by atoms with Crippen molar-refractivity contribution in [3.8, 4) is 0 Å². The Hall–Kier alpha value is -0.860. The molecule has 21 heavy (non-hydrogen) atoms. The van der Waals surface area contributed by atoms with E-state index in [1.54, 1.807) is 0 Å². The van der Waals surface area contributed by atoms with E-state index >= 15 is 0 Å². The van der Waals surface area contributed by atoms with Crippen molar-refractivity contribution in [2.75, 3.05) is 19.6 Å². The largest absolute Gasteiger partial charge is 0.323 e. The average molecular weight is 290 g/mol. The standard InChI is InChI=1S/C19H34N2/c1-14(2)11-21(12-15(3)4)13-19(20)18-9-7-17(8-10-18)16(5)6/h7-10,14-16,19H,11-13,20H2,1-6H3. The maximum absolute atomic E-state index is 6.43. The van der Waals surface area contributed by atoms with Gasteiger partial charge in [-0.15, -0.1) is 0 Å². The third-order valence-electron chi connectivity index (χ3n) is 3.73. The molecule has 2 nitrogen and oxygen atoms in total. The van der Waals surface area contributed by atoms with Gasteiger partial charge in [0, 0.05) is 25.7 Å². The summed E-state index contributed by atoms with van der Waals surface area (Å²) < 4.78 is 0. The summed E-state index contributed by atoms with van der Waals surface area (Å²) in [4.78, 5) is 2.51. The van der Waals surface area contributed by atoms with E-state index in [1.165, 1.54) is 11.1 Å². The first kappa shape index (κ1) is 18.2. The molecular formula is C19H34N2. The molecule has 0 heterocycles. The van der Waals surface area contributed by atoms with Gasteiger partial charge < -0.3 is 10.6 Å². The van der Waals surface area contributed by atoms with Crippen molar-refractivity contribution in [2.45, 2.75) is 53.5 Å². The lowest BCUT2D eigenvalue weighted by molar-refractivity contribution is 0.207. The first-order valence-electron chi connectivity index (χ1n) is 8.37. The molecule has 1 rings (SSSR count). The Morgan fingerprint density at radius 1 is 0.762 bits per heavy atom. The fraction of sp³-hybridized carbons (Fsp3) is 0.684. The monoisotopic (exact) mass is 290 g/mol. The molecule has 0 amide bonds. The van der Waals surface area contributed by atoms with E-state index in [-0.39, 0.29) is 6.04 Å². The fourth-order valence-corrected chi connectivity index (χ4v) is 2.77. The molecule has 0 aliphatic carbocycles. The molecule has 0 aliphatic rings. The minimum absolute atomic E-state index is 0.101. The van der Waals surface area contributed by atoms with Gasteiger partial charge in [0.2, 0.25) is 0 Å². The zero-order valence-corrected chi connectivity index (χ0v) is 14.8. The van der Waals surface area contributed by atoms with Crippen molar-refractivity contribution in [2.24, 2.45) is 17.6 Å². The number of rotatable bonds is 8. The Labute approximate surface area is 131 Å². The molecule has 1 aromatic carbocycles. The Balaban J connectivity index is 2.69. The summed E-state index contributed by atoms with van der Waals surface area (Å²) in [7, 11) is 0. The maximum Gasteiger partial charge on any atom is 0.0424 e. The minimum Gasteiger partial charge on any atom is -0.323 e. The zero-order chi connectivity index (χ0) is 16.0. The first-order valence-corrected chi connectivity index (χ1v) is 8.37. The van der Waals surface area contributed by atoms with E-state index in [0.29, 0.717) is 17.8 Å². The highest BCUT2D eigenvalue weighted by Crippen LogP contribution is 2.19. The van der Waals surface area contributed by atoms with Crippen LogP contribution in [0.25, 0.3) is 0 Å². The lowest BCUT2D eigenvalue weighted by Crippen LogP contribution is -2.37. The van der Waals surface area contributed by atoms with Crippen LogP contribution in [0.15, 0.2) is 24.3 Å². The molecule has 0 saturated heterocycles. The topological polar surface area (TPSA) is 29.3 Å². The van der Waals surface area contributed by atoms with Gasteiger partial charge in [0.15, 0.2) is 0 Å². The summed E-state index contributed by atoms with van der Waals surface area (Å²) in [6.07, 6.45) is 0. The van der Waals surface area contributed by atoms with Gasteiger partial charge in [0.05, 0.1) is 0 Å². The van der Waals surface area contributed by atoms with Gasteiger partial charge in [-0.1, -0.05) is 65.8 Å². The molecule has 0 spiro atoms. The van der Waals surface area contributed by atoms with E-state index in [2.05, 4.69) is 70.7 Å². The van der Waals surface area contributed by atoms with E-state index in [9.17, 15) is 0 Å². The van der Waals surface area contributed by atoms with Crippen molar-refractivity contribution >= 4 is 0 Å². The summed E-state index contributed by atoms with van der Waals surface area (Å²) in [6.45, 7) is 16.7. The van der Waals surface area contributed by atoms with Crippen molar-refractivity contribution in [1.82, 2.24) is 4.90 Å². The van der Waals surface area contributed by atoms with Gasteiger partial charge in [-0.25, -0.2) is 0 Å². The molecule has 0 aliphatic heterocycles. The normalized spacial score (nSPS) is 13.7. The van der Waals surface area contributed by atoms with Gasteiger partial charge in [0.25, 0.3) is 0 Å². The van der Waals surface area contributed by atoms with Crippen molar-refractivity contribution in [1.29, 1.82) is 0 Å². The molecule has 0 saturated carbocycles. The highest BCUT2D eigenvalue weighted by molar-refractivity contribution is 5.26. The van der Waals surface area contributed by atoms with E-state index in [0.717, 1.165) is 19.6 Å². The van der Waals surface area contributed by atoms with Crippen LogP contribution in [0.5, 0.6) is 0 Å². The highest BCUT2D eigenvalue weighted by Gasteiger charge is 2.15. The number of hydrogen-bond donors (Lipinski definition) is 1. The summed E-state index contributed by atoms with van der Waals surface area (Å²) in [5.74, 6) is 1.94. The summed E-state index contributed by atoms with van der Waals surface area (Å²) in [5.41, 5.74) is 9.06. The number of nitrogens with zero attached hydrogens (tertiary/aromatic N) is 1. The molecule has 1 unspecified atom stereocenters. The molecule has 0 aromatic heterocycles. The van der Waals surface area contributed by atoms with Crippen LogP contribution in [0, 0.1) is 11.8 Å². The van der Waals surface area contributed by atoms with Crippen LogP contribution >= 0.6 is 0 Å². The van der Waals surface area contributed by atoms with Gasteiger partial charge in [-0.05, 0) is 28.9 Å². The van der Waals surface area contributed by atoms with Gasteiger partial charge in [0.1, 0.15) is 0 Å². The van der Waals surface area contributed by atoms with Crippen molar-refractivity contribution in [3.05, 3.63) is 35.4 Å². The van der Waals surface area contributed by atoms with E-state index < -0.39 is 0 Å². The third kappa shape index (κ3) is 6.62. The van der Waals surface area contributed by atoms with E-state index in [1.807, 2.05) is 0 Å². The molecule has 120 valence electrons. The Bertz CT molecular complexity index is 383.